The molecule has 0 bridgehead atoms. The van der Waals surface area contributed by atoms with Crippen LogP contribution in [0, 0.1) is 5.92 Å². The lowest BCUT2D eigenvalue weighted by molar-refractivity contribution is 0.641. The quantitative estimate of drug-likeness (QED) is 0.702. The van der Waals surface area contributed by atoms with Gasteiger partial charge in [-0.1, -0.05) is 13.8 Å². The van der Waals surface area contributed by atoms with Gasteiger partial charge in [0.05, 0.1) is 5.69 Å². The van der Waals surface area contributed by atoms with E-state index in [-0.39, 0.29) is 0 Å². The van der Waals surface area contributed by atoms with Crippen LogP contribution in [0.15, 0.2) is 0 Å². The molecule has 0 amide bonds. The first-order chi connectivity index (χ1) is 9.65. The van der Waals surface area contributed by atoms with Crippen LogP contribution < -0.4 is 10.2 Å². The molecule has 114 valence electrons. The highest BCUT2D eigenvalue weighted by Crippen LogP contribution is 2.34. The molecule has 20 heavy (non-hydrogen) atoms. The number of hydrogen-bond donors (Lipinski definition) is 1. The second-order valence-electron chi connectivity index (χ2n) is 6.09. The third-order valence-electron chi connectivity index (χ3n) is 3.84. The zero-order chi connectivity index (χ0) is 14.5. The molecule has 1 aromatic rings. The van der Waals surface area contributed by atoms with Crippen LogP contribution in [0.25, 0.3) is 0 Å². The number of thiazole rings is 1. The van der Waals surface area contributed by atoms with Gasteiger partial charge in [-0.05, 0) is 52.0 Å². The minimum Gasteiger partial charge on any atom is -0.345 e. The van der Waals surface area contributed by atoms with Crippen LogP contribution in [-0.4, -0.2) is 24.1 Å². The molecule has 0 saturated heterocycles. The van der Waals surface area contributed by atoms with Gasteiger partial charge in [-0.2, -0.15) is 0 Å². The molecule has 1 heterocycles. The largest absolute Gasteiger partial charge is 0.345 e. The number of aryl methyl sites for hydroxylation is 1. The summed E-state index contributed by atoms with van der Waals surface area (Å²) >= 11 is 1.89. The van der Waals surface area contributed by atoms with Crippen molar-refractivity contribution in [3.8, 4) is 0 Å². The van der Waals surface area contributed by atoms with Crippen LogP contribution in [-0.2, 0) is 13.0 Å². The van der Waals surface area contributed by atoms with Crippen molar-refractivity contribution in [1.29, 1.82) is 0 Å². The molecule has 1 aromatic heterocycles. The van der Waals surface area contributed by atoms with Gasteiger partial charge in [0.2, 0.25) is 0 Å². The van der Waals surface area contributed by atoms with Crippen molar-refractivity contribution < 1.29 is 0 Å². The van der Waals surface area contributed by atoms with Crippen molar-refractivity contribution in [2.75, 3.05) is 18.0 Å². The van der Waals surface area contributed by atoms with Gasteiger partial charge in [0, 0.05) is 24.0 Å². The van der Waals surface area contributed by atoms with Gasteiger partial charge >= 0.3 is 0 Å². The van der Waals surface area contributed by atoms with Crippen LogP contribution in [0.1, 0.15) is 57.5 Å². The van der Waals surface area contributed by atoms with Gasteiger partial charge in [-0.25, -0.2) is 4.98 Å². The van der Waals surface area contributed by atoms with Crippen LogP contribution >= 0.6 is 11.3 Å². The van der Waals surface area contributed by atoms with E-state index in [4.69, 9.17) is 4.98 Å². The molecule has 2 rings (SSSR count). The van der Waals surface area contributed by atoms with Gasteiger partial charge in [0.15, 0.2) is 5.13 Å². The monoisotopic (exact) mass is 295 g/mol. The highest BCUT2D eigenvalue weighted by atomic mass is 32.1. The first-order valence-electron chi connectivity index (χ1n) is 8.11. The summed E-state index contributed by atoms with van der Waals surface area (Å²) in [6.07, 6.45) is 5.03. The normalized spacial score (nSPS) is 15.1. The van der Waals surface area contributed by atoms with Crippen molar-refractivity contribution >= 4 is 16.5 Å². The summed E-state index contributed by atoms with van der Waals surface area (Å²) in [5, 5.41) is 4.75. The zero-order valence-corrected chi connectivity index (χ0v) is 14.2. The van der Waals surface area contributed by atoms with E-state index in [1.165, 1.54) is 41.5 Å². The number of aromatic nitrogens is 1. The molecule has 4 heteroatoms. The average molecular weight is 295 g/mol. The lowest BCUT2D eigenvalue weighted by Crippen LogP contribution is -2.32. The second-order valence-corrected chi connectivity index (χ2v) is 7.15. The molecular weight excluding hydrogens is 266 g/mol. The summed E-state index contributed by atoms with van der Waals surface area (Å²) in [5.41, 5.74) is 1.29. The molecular formula is C16H29N3S. The van der Waals surface area contributed by atoms with Crippen molar-refractivity contribution in [3.05, 3.63) is 10.6 Å². The lowest BCUT2D eigenvalue weighted by atomic mass is 10.3. The smallest absolute Gasteiger partial charge is 0.186 e. The molecule has 1 aliphatic rings. The maximum atomic E-state index is 4.91. The fraction of sp³-hybridized carbons (Fsp3) is 0.812. The van der Waals surface area contributed by atoms with Crippen molar-refractivity contribution in [2.45, 2.75) is 66.0 Å². The zero-order valence-electron chi connectivity index (χ0n) is 13.4. The number of hydrogen-bond acceptors (Lipinski definition) is 4. The van der Waals surface area contributed by atoms with Gasteiger partial charge in [-0.3, -0.25) is 0 Å². The molecule has 0 spiro atoms. The Labute approximate surface area is 127 Å². The van der Waals surface area contributed by atoms with E-state index in [0.29, 0.717) is 6.04 Å². The summed E-state index contributed by atoms with van der Waals surface area (Å²) in [4.78, 5) is 8.85. The Bertz CT molecular complexity index is 410. The fourth-order valence-electron chi connectivity index (χ4n) is 2.37. The Morgan fingerprint density at radius 1 is 1.35 bits per heavy atom. The fourth-order valence-corrected chi connectivity index (χ4v) is 3.63. The predicted molar refractivity (Wildman–Crippen MR) is 88.7 cm³/mol. The van der Waals surface area contributed by atoms with E-state index in [2.05, 4.69) is 37.9 Å². The minimum absolute atomic E-state index is 0.544. The summed E-state index contributed by atoms with van der Waals surface area (Å²) in [6.45, 7) is 12.2. The molecule has 1 N–H and O–H groups in total. The topological polar surface area (TPSA) is 28.2 Å². The van der Waals surface area contributed by atoms with E-state index < -0.39 is 0 Å². The van der Waals surface area contributed by atoms with Crippen LogP contribution in [0.5, 0.6) is 0 Å². The molecule has 0 radical (unpaired) electrons. The Hall–Kier alpha value is -0.610. The Balaban J connectivity index is 2.08. The molecule has 0 aromatic carbocycles. The number of rotatable bonds is 9. The number of nitrogens with zero attached hydrogens (tertiary/aromatic N) is 2. The Morgan fingerprint density at radius 3 is 2.65 bits per heavy atom. The molecule has 0 unspecified atom stereocenters. The van der Waals surface area contributed by atoms with E-state index in [1.807, 2.05) is 11.3 Å². The van der Waals surface area contributed by atoms with E-state index >= 15 is 0 Å². The van der Waals surface area contributed by atoms with E-state index in [1.54, 1.807) is 0 Å². The molecule has 1 saturated carbocycles. The maximum Gasteiger partial charge on any atom is 0.186 e. The highest BCUT2D eigenvalue weighted by molar-refractivity contribution is 7.15. The van der Waals surface area contributed by atoms with Crippen LogP contribution in [0.3, 0.4) is 0 Å². The van der Waals surface area contributed by atoms with E-state index in [0.717, 1.165) is 25.4 Å². The third kappa shape index (κ3) is 4.19. The molecule has 1 aliphatic carbocycles. The standard InChI is InChI=1S/C16H29N3S/c1-5-9-17-10-15-14(6-2)18-16(20-15)19(12(3)4)11-13-7-8-13/h12-13,17H,5-11H2,1-4H3. The minimum atomic E-state index is 0.544. The SMILES string of the molecule is CCCNCc1sc(N(CC2CC2)C(C)C)nc1CC. The summed E-state index contributed by atoms with van der Waals surface area (Å²) < 4.78 is 0. The summed E-state index contributed by atoms with van der Waals surface area (Å²) in [7, 11) is 0. The Kier molecular flexibility index (Phi) is 5.85. The van der Waals surface area contributed by atoms with Crippen LogP contribution in [0.2, 0.25) is 0 Å². The van der Waals surface area contributed by atoms with Crippen LogP contribution in [0.4, 0.5) is 5.13 Å². The van der Waals surface area contributed by atoms with Crippen molar-refractivity contribution in [3.63, 3.8) is 0 Å². The summed E-state index contributed by atoms with van der Waals surface area (Å²) in [5.74, 6) is 0.910. The molecule has 0 aliphatic heterocycles. The third-order valence-corrected chi connectivity index (χ3v) is 4.97. The highest BCUT2D eigenvalue weighted by Gasteiger charge is 2.27. The average Bonchev–Trinajstić information content (AvgIpc) is 3.16. The molecule has 0 atom stereocenters. The van der Waals surface area contributed by atoms with Gasteiger partial charge in [0.1, 0.15) is 0 Å². The number of nitrogens with one attached hydrogen (secondary N) is 1. The first kappa shape index (κ1) is 15.8. The molecule has 1 fully saturated rings. The first-order valence-corrected chi connectivity index (χ1v) is 8.93. The predicted octanol–water partition coefficient (Wildman–Crippen LogP) is 3.83. The van der Waals surface area contributed by atoms with Crippen molar-refractivity contribution in [1.82, 2.24) is 10.3 Å². The van der Waals surface area contributed by atoms with Crippen molar-refractivity contribution in [2.24, 2.45) is 5.92 Å². The summed E-state index contributed by atoms with van der Waals surface area (Å²) in [6, 6.07) is 0.544. The lowest BCUT2D eigenvalue weighted by Gasteiger charge is -2.26. The van der Waals surface area contributed by atoms with Gasteiger partial charge < -0.3 is 10.2 Å². The maximum absolute atomic E-state index is 4.91. The van der Waals surface area contributed by atoms with E-state index in [9.17, 15) is 0 Å². The molecule has 3 nitrogen and oxygen atoms in total. The number of anilines is 1. The second kappa shape index (κ2) is 7.41. The van der Waals surface area contributed by atoms with Gasteiger partial charge in [0.25, 0.3) is 0 Å². The Morgan fingerprint density at radius 2 is 2.10 bits per heavy atom. The van der Waals surface area contributed by atoms with Gasteiger partial charge in [-0.15, -0.1) is 11.3 Å².